The third-order valence-electron chi connectivity index (χ3n) is 4.27. The zero-order valence-corrected chi connectivity index (χ0v) is 14.1. The quantitative estimate of drug-likeness (QED) is 0.722. The number of benzene rings is 1. The fraction of sp³-hybridized carbons (Fsp3) is 0.556. The van der Waals surface area contributed by atoms with E-state index in [1.807, 2.05) is 13.8 Å². The summed E-state index contributed by atoms with van der Waals surface area (Å²) in [6.07, 6.45) is 4.74. The molecule has 1 aromatic rings. The normalized spacial score (nSPS) is 14.0. The fourth-order valence-electron chi connectivity index (χ4n) is 2.72. The van der Waals surface area contributed by atoms with Crippen molar-refractivity contribution in [2.75, 3.05) is 6.54 Å². The zero-order chi connectivity index (χ0) is 16.7. The molecular weight excluding hydrogens is 290 g/mol. The molecule has 5 nitrogen and oxygen atoms in total. The van der Waals surface area contributed by atoms with Gasteiger partial charge in [0.2, 0.25) is 5.91 Å². The highest BCUT2D eigenvalue weighted by Gasteiger charge is 2.11. The van der Waals surface area contributed by atoms with Gasteiger partial charge in [-0.25, -0.2) is 4.79 Å². The van der Waals surface area contributed by atoms with Crippen molar-refractivity contribution in [1.82, 2.24) is 16.0 Å². The molecule has 2 rings (SSSR count). The smallest absolute Gasteiger partial charge is 0.315 e. The summed E-state index contributed by atoms with van der Waals surface area (Å²) in [5, 5.41) is 8.42. The molecule has 0 heterocycles. The van der Waals surface area contributed by atoms with E-state index in [4.69, 9.17) is 0 Å². The van der Waals surface area contributed by atoms with Crippen molar-refractivity contribution in [3.8, 4) is 0 Å². The maximum Gasteiger partial charge on any atom is 0.315 e. The minimum atomic E-state index is -0.234. The Balaban J connectivity index is 1.64. The lowest BCUT2D eigenvalue weighted by Gasteiger charge is -2.12. The summed E-state index contributed by atoms with van der Waals surface area (Å²) >= 11 is 0. The van der Waals surface area contributed by atoms with Gasteiger partial charge in [-0.2, -0.15) is 0 Å². The number of amides is 3. The van der Waals surface area contributed by atoms with Crippen molar-refractivity contribution in [3.05, 3.63) is 34.9 Å². The van der Waals surface area contributed by atoms with Crippen molar-refractivity contribution in [1.29, 1.82) is 0 Å². The molecule has 1 aliphatic rings. The summed E-state index contributed by atoms with van der Waals surface area (Å²) in [4.78, 5) is 23.4. The lowest BCUT2D eigenvalue weighted by molar-refractivity contribution is -0.121. The number of nitrogens with one attached hydrogen (secondary N) is 3. The first kappa shape index (κ1) is 17.3. The van der Waals surface area contributed by atoms with Gasteiger partial charge in [-0.3, -0.25) is 4.79 Å². The molecule has 5 heteroatoms. The van der Waals surface area contributed by atoms with Gasteiger partial charge < -0.3 is 16.0 Å². The SMILES string of the molecule is CCC(C)NC(=O)CCNC(=O)NCc1ccc2c(c1)CCC2. The number of aryl methyl sites for hydroxylation is 2. The Labute approximate surface area is 138 Å². The molecule has 0 radical (unpaired) electrons. The molecule has 126 valence electrons. The Morgan fingerprint density at radius 1 is 1.17 bits per heavy atom. The van der Waals surface area contributed by atoms with Gasteiger partial charge in [0.25, 0.3) is 0 Å². The molecule has 0 aliphatic heterocycles. The van der Waals surface area contributed by atoms with Crippen LogP contribution in [0.15, 0.2) is 18.2 Å². The predicted molar refractivity (Wildman–Crippen MR) is 91.2 cm³/mol. The van der Waals surface area contributed by atoms with Gasteiger partial charge >= 0.3 is 6.03 Å². The molecule has 1 unspecified atom stereocenters. The van der Waals surface area contributed by atoms with Gasteiger partial charge in [-0.05, 0) is 49.3 Å². The number of carbonyl (C=O) groups is 2. The summed E-state index contributed by atoms with van der Waals surface area (Å²) in [6, 6.07) is 6.36. The minimum Gasteiger partial charge on any atom is -0.354 e. The topological polar surface area (TPSA) is 70.2 Å². The van der Waals surface area contributed by atoms with Crippen LogP contribution in [0.4, 0.5) is 4.79 Å². The van der Waals surface area contributed by atoms with Crippen molar-refractivity contribution >= 4 is 11.9 Å². The minimum absolute atomic E-state index is 0.0294. The Bertz CT molecular complexity index is 557. The van der Waals surface area contributed by atoms with E-state index < -0.39 is 0 Å². The number of urea groups is 1. The highest BCUT2D eigenvalue weighted by Crippen LogP contribution is 2.22. The Hall–Kier alpha value is -2.04. The van der Waals surface area contributed by atoms with E-state index in [-0.39, 0.29) is 18.0 Å². The number of carbonyl (C=O) groups excluding carboxylic acids is 2. The van der Waals surface area contributed by atoms with E-state index in [2.05, 4.69) is 34.1 Å². The summed E-state index contributed by atoms with van der Waals surface area (Å²) in [7, 11) is 0. The largest absolute Gasteiger partial charge is 0.354 e. The molecule has 0 bridgehead atoms. The van der Waals surface area contributed by atoms with Crippen molar-refractivity contribution in [3.63, 3.8) is 0 Å². The lowest BCUT2D eigenvalue weighted by atomic mass is 10.1. The summed E-state index contributed by atoms with van der Waals surface area (Å²) in [5.41, 5.74) is 3.97. The predicted octanol–water partition coefficient (Wildman–Crippen LogP) is 2.28. The van der Waals surface area contributed by atoms with Gasteiger partial charge in [-0.1, -0.05) is 25.1 Å². The van der Waals surface area contributed by atoms with E-state index in [0.29, 0.717) is 19.5 Å². The van der Waals surface area contributed by atoms with Gasteiger partial charge in [0, 0.05) is 25.6 Å². The molecule has 0 saturated carbocycles. The van der Waals surface area contributed by atoms with Gasteiger partial charge in [0.15, 0.2) is 0 Å². The van der Waals surface area contributed by atoms with E-state index in [1.54, 1.807) is 0 Å². The first-order chi connectivity index (χ1) is 11.1. The highest BCUT2D eigenvalue weighted by atomic mass is 16.2. The number of rotatable bonds is 7. The first-order valence-corrected chi connectivity index (χ1v) is 8.50. The average Bonchev–Trinajstić information content (AvgIpc) is 3.00. The monoisotopic (exact) mass is 317 g/mol. The molecule has 1 atom stereocenters. The molecular formula is C18H27N3O2. The Morgan fingerprint density at radius 2 is 1.96 bits per heavy atom. The van der Waals surface area contributed by atoms with Crippen LogP contribution in [0.3, 0.4) is 0 Å². The van der Waals surface area contributed by atoms with Crippen molar-refractivity contribution < 1.29 is 9.59 Å². The lowest BCUT2D eigenvalue weighted by Crippen LogP contribution is -2.38. The average molecular weight is 317 g/mol. The van der Waals surface area contributed by atoms with Gasteiger partial charge in [-0.15, -0.1) is 0 Å². The summed E-state index contributed by atoms with van der Waals surface area (Å²) in [6.45, 7) is 4.85. The molecule has 0 saturated heterocycles. The van der Waals surface area contributed by atoms with E-state index in [9.17, 15) is 9.59 Å². The second kappa shape index (κ2) is 8.56. The van der Waals surface area contributed by atoms with Crippen LogP contribution in [0.1, 0.15) is 49.8 Å². The Kier molecular flexibility index (Phi) is 6.44. The summed E-state index contributed by atoms with van der Waals surface area (Å²) in [5.74, 6) is -0.0294. The molecule has 3 amide bonds. The van der Waals surface area contributed by atoms with Crippen LogP contribution in [0, 0.1) is 0 Å². The van der Waals surface area contributed by atoms with Crippen LogP contribution in [-0.2, 0) is 24.2 Å². The second-order valence-electron chi connectivity index (χ2n) is 6.19. The van der Waals surface area contributed by atoms with Crippen LogP contribution in [-0.4, -0.2) is 24.5 Å². The summed E-state index contributed by atoms with van der Waals surface area (Å²) < 4.78 is 0. The van der Waals surface area contributed by atoms with Crippen molar-refractivity contribution in [2.45, 2.75) is 58.5 Å². The van der Waals surface area contributed by atoms with E-state index >= 15 is 0 Å². The molecule has 0 fully saturated rings. The maximum atomic E-state index is 11.8. The van der Waals surface area contributed by atoms with Crippen LogP contribution < -0.4 is 16.0 Å². The van der Waals surface area contributed by atoms with Crippen LogP contribution in [0.25, 0.3) is 0 Å². The molecule has 0 spiro atoms. The molecule has 0 aromatic heterocycles. The third-order valence-corrected chi connectivity index (χ3v) is 4.27. The van der Waals surface area contributed by atoms with Gasteiger partial charge in [0.05, 0.1) is 0 Å². The zero-order valence-electron chi connectivity index (χ0n) is 14.1. The molecule has 3 N–H and O–H groups in total. The standard InChI is InChI=1S/C18H27N3O2/c1-3-13(2)21-17(22)9-10-19-18(23)20-12-14-7-8-15-5-4-6-16(15)11-14/h7-8,11,13H,3-6,9-10,12H2,1-2H3,(H,21,22)(H2,19,20,23). The van der Waals surface area contributed by atoms with Crippen molar-refractivity contribution in [2.24, 2.45) is 0 Å². The highest BCUT2D eigenvalue weighted by molar-refractivity contribution is 5.78. The van der Waals surface area contributed by atoms with Crippen LogP contribution >= 0.6 is 0 Å². The third kappa shape index (κ3) is 5.58. The molecule has 1 aromatic carbocycles. The Morgan fingerprint density at radius 3 is 2.74 bits per heavy atom. The van der Waals surface area contributed by atoms with E-state index in [1.165, 1.54) is 24.0 Å². The van der Waals surface area contributed by atoms with Crippen LogP contribution in [0.2, 0.25) is 0 Å². The van der Waals surface area contributed by atoms with Gasteiger partial charge in [0.1, 0.15) is 0 Å². The molecule has 23 heavy (non-hydrogen) atoms. The number of hydrogen-bond acceptors (Lipinski definition) is 2. The second-order valence-corrected chi connectivity index (χ2v) is 6.19. The number of hydrogen-bond donors (Lipinski definition) is 3. The fourth-order valence-corrected chi connectivity index (χ4v) is 2.72. The molecule has 1 aliphatic carbocycles. The van der Waals surface area contributed by atoms with Crippen LogP contribution in [0.5, 0.6) is 0 Å². The first-order valence-electron chi connectivity index (χ1n) is 8.50. The van der Waals surface area contributed by atoms with E-state index in [0.717, 1.165) is 18.4 Å². The number of fused-ring (bicyclic) bond motifs is 1. The maximum absolute atomic E-state index is 11.8.